The van der Waals surface area contributed by atoms with Gasteiger partial charge in [-0.3, -0.25) is 9.69 Å². The Balaban J connectivity index is 2.50. The van der Waals surface area contributed by atoms with Crippen LogP contribution in [0, 0.1) is 22.9 Å². The third-order valence-corrected chi connectivity index (χ3v) is 4.48. The van der Waals surface area contributed by atoms with Crippen molar-refractivity contribution < 1.29 is 27.5 Å². The molecule has 1 heterocycles. The van der Waals surface area contributed by atoms with E-state index in [-0.39, 0.29) is 0 Å². The van der Waals surface area contributed by atoms with Crippen LogP contribution in [0.2, 0.25) is 0 Å². The third-order valence-electron chi connectivity index (χ3n) is 4.48. The van der Waals surface area contributed by atoms with Crippen molar-refractivity contribution in [3.8, 4) is 0 Å². The SMILES string of the molecule is CN1C(=O)[C@H](Cc2c(F)cc(F)cc2F)N(C(=O)OC(C)(C)C)[C@H]1C(C)(C)C. The number of halogens is 3. The van der Waals surface area contributed by atoms with E-state index in [2.05, 4.69) is 0 Å². The molecule has 1 saturated heterocycles. The van der Waals surface area contributed by atoms with Crippen molar-refractivity contribution in [2.24, 2.45) is 5.41 Å². The van der Waals surface area contributed by atoms with Gasteiger partial charge >= 0.3 is 6.09 Å². The standard InChI is InChI=1S/C20H27F3N2O3/c1-19(2,3)17-24(7)16(26)15(25(17)18(27)28-20(4,5)6)10-12-13(22)8-11(21)9-14(12)23/h8-9,15,17H,10H2,1-7H3/t15-,17-/m0/s1. The molecule has 1 aromatic carbocycles. The second-order valence-electron chi connectivity index (χ2n) is 9.14. The smallest absolute Gasteiger partial charge is 0.412 e. The average molecular weight is 400 g/mol. The summed E-state index contributed by atoms with van der Waals surface area (Å²) in [6.07, 6.45) is -1.85. The number of amides is 2. The monoisotopic (exact) mass is 400 g/mol. The summed E-state index contributed by atoms with van der Waals surface area (Å²) in [5.74, 6) is -3.72. The van der Waals surface area contributed by atoms with Crippen molar-refractivity contribution in [2.45, 2.75) is 65.8 Å². The van der Waals surface area contributed by atoms with Gasteiger partial charge in [0.1, 0.15) is 35.3 Å². The minimum atomic E-state index is -1.17. The molecule has 2 rings (SSSR count). The molecule has 0 N–H and O–H groups in total. The van der Waals surface area contributed by atoms with Gasteiger partial charge < -0.3 is 9.64 Å². The second kappa shape index (κ2) is 7.29. The van der Waals surface area contributed by atoms with Crippen LogP contribution in [-0.2, 0) is 16.0 Å². The summed E-state index contributed by atoms with van der Waals surface area (Å²) in [5, 5.41) is 0. The summed E-state index contributed by atoms with van der Waals surface area (Å²) >= 11 is 0. The maximum Gasteiger partial charge on any atom is 0.412 e. The molecule has 0 bridgehead atoms. The second-order valence-corrected chi connectivity index (χ2v) is 9.14. The minimum absolute atomic E-state index is 0.424. The molecule has 1 aliphatic rings. The fraction of sp³-hybridized carbons (Fsp3) is 0.600. The topological polar surface area (TPSA) is 49.9 Å². The van der Waals surface area contributed by atoms with Gasteiger partial charge in [0.15, 0.2) is 0 Å². The number of benzene rings is 1. The summed E-state index contributed by atoms with van der Waals surface area (Å²) in [6, 6.07) is -0.0557. The molecule has 5 nitrogen and oxygen atoms in total. The third kappa shape index (κ3) is 4.42. The fourth-order valence-corrected chi connectivity index (χ4v) is 3.52. The first-order chi connectivity index (χ1) is 12.6. The normalized spacial score (nSPS) is 20.7. The van der Waals surface area contributed by atoms with Crippen molar-refractivity contribution in [1.29, 1.82) is 0 Å². The summed E-state index contributed by atoms with van der Waals surface area (Å²) in [7, 11) is 1.53. The molecular formula is C20H27F3N2O3. The maximum absolute atomic E-state index is 14.2. The van der Waals surface area contributed by atoms with E-state index in [1.165, 1.54) is 16.8 Å². The van der Waals surface area contributed by atoms with Crippen LogP contribution >= 0.6 is 0 Å². The molecule has 8 heteroatoms. The summed E-state index contributed by atoms with van der Waals surface area (Å²) in [5.41, 5.74) is -1.81. The van der Waals surface area contributed by atoms with Gasteiger partial charge in [0.25, 0.3) is 0 Å². The molecular weight excluding hydrogens is 373 g/mol. The van der Waals surface area contributed by atoms with Crippen LogP contribution in [0.3, 0.4) is 0 Å². The first kappa shape index (κ1) is 22.0. The van der Waals surface area contributed by atoms with E-state index in [4.69, 9.17) is 4.74 Å². The Morgan fingerprint density at radius 2 is 1.57 bits per heavy atom. The molecule has 156 valence electrons. The van der Waals surface area contributed by atoms with E-state index in [0.717, 1.165) is 0 Å². The summed E-state index contributed by atoms with van der Waals surface area (Å²) in [6.45, 7) is 10.6. The van der Waals surface area contributed by atoms with Gasteiger partial charge in [-0.15, -0.1) is 0 Å². The lowest BCUT2D eigenvalue weighted by Crippen LogP contribution is -2.52. The first-order valence-electron chi connectivity index (χ1n) is 9.05. The highest BCUT2D eigenvalue weighted by Crippen LogP contribution is 2.36. The number of likely N-dealkylation sites (N-methyl/N-ethyl adjacent to an activating group) is 1. The Bertz CT molecular complexity index is 761. The largest absolute Gasteiger partial charge is 0.444 e. The number of rotatable bonds is 2. The number of nitrogens with zero attached hydrogens (tertiary/aromatic N) is 2. The molecule has 1 aromatic rings. The molecule has 2 atom stereocenters. The minimum Gasteiger partial charge on any atom is -0.444 e. The molecule has 1 fully saturated rings. The molecule has 2 amide bonds. The predicted octanol–water partition coefficient (Wildman–Crippen LogP) is 4.10. The van der Waals surface area contributed by atoms with Crippen molar-refractivity contribution in [2.75, 3.05) is 7.05 Å². The molecule has 0 radical (unpaired) electrons. The predicted molar refractivity (Wildman–Crippen MR) is 97.9 cm³/mol. The van der Waals surface area contributed by atoms with E-state index in [1.54, 1.807) is 20.8 Å². The number of hydrogen-bond acceptors (Lipinski definition) is 3. The molecule has 0 aliphatic carbocycles. The van der Waals surface area contributed by atoms with Gasteiger partial charge in [0.2, 0.25) is 5.91 Å². The van der Waals surface area contributed by atoms with E-state index < -0.39 is 64.7 Å². The Kier molecular flexibility index (Phi) is 5.74. The molecule has 1 aliphatic heterocycles. The lowest BCUT2D eigenvalue weighted by molar-refractivity contribution is -0.129. The number of carbonyl (C=O) groups excluding carboxylic acids is 2. The summed E-state index contributed by atoms with van der Waals surface area (Å²) in [4.78, 5) is 28.4. The van der Waals surface area contributed by atoms with Gasteiger partial charge in [-0.05, 0) is 20.8 Å². The van der Waals surface area contributed by atoms with Gasteiger partial charge in [-0.2, -0.15) is 0 Å². The lowest BCUT2D eigenvalue weighted by Gasteiger charge is -2.39. The van der Waals surface area contributed by atoms with Crippen molar-refractivity contribution >= 4 is 12.0 Å². The molecule has 0 aromatic heterocycles. The zero-order chi connectivity index (χ0) is 21.6. The highest BCUT2D eigenvalue weighted by atomic mass is 19.1. The number of carbonyl (C=O) groups is 2. The van der Waals surface area contributed by atoms with Crippen LogP contribution < -0.4 is 0 Å². The zero-order valence-corrected chi connectivity index (χ0v) is 17.3. The maximum atomic E-state index is 14.2. The van der Waals surface area contributed by atoms with Gasteiger partial charge in [0, 0.05) is 36.6 Å². The van der Waals surface area contributed by atoms with Gasteiger partial charge in [-0.1, -0.05) is 20.8 Å². The number of ether oxygens (including phenoxy) is 1. The highest BCUT2D eigenvalue weighted by Gasteiger charge is 2.52. The lowest BCUT2D eigenvalue weighted by atomic mass is 9.91. The number of hydrogen-bond donors (Lipinski definition) is 0. The first-order valence-corrected chi connectivity index (χ1v) is 9.05. The van der Waals surface area contributed by atoms with Crippen molar-refractivity contribution in [3.05, 3.63) is 35.1 Å². The van der Waals surface area contributed by atoms with Crippen LogP contribution in [0.4, 0.5) is 18.0 Å². The summed E-state index contributed by atoms with van der Waals surface area (Å²) < 4.78 is 47.0. The van der Waals surface area contributed by atoms with Crippen molar-refractivity contribution in [3.63, 3.8) is 0 Å². The average Bonchev–Trinajstić information content (AvgIpc) is 2.73. The van der Waals surface area contributed by atoms with E-state index >= 15 is 0 Å². The Hall–Kier alpha value is -2.25. The molecule has 0 unspecified atom stereocenters. The fourth-order valence-electron chi connectivity index (χ4n) is 3.52. The van der Waals surface area contributed by atoms with E-state index in [1.807, 2.05) is 20.8 Å². The van der Waals surface area contributed by atoms with Gasteiger partial charge in [0.05, 0.1) is 0 Å². The van der Waals surface area contributed by atoms with Gasteiger partial charge in [-0.25, -0.2) is 18.0 Å². The van der Waals surface area contributed by atoms with E-state index in [0.29, 0.717) is 12.1 Å². The zero-order valence-electron chi connectivity index (χ0n) is 17.3. The Morgan fingerprint density at radius 1 is 1.07 bits per heavy atom. The highest BCUT2D eigenvalue weighted by molar-refractivity contribution is 5.89. The molecule has 28 heavy (non-hydrogen) atoms. The Morgan fingerprint density at radius 3 is 2.00 bits per heavy atom. The van der Waals surface area contributed by atoms with E-state index in [9.17, 15) is 22.8 Å². The van der Waals surface area contributed by atoms with Crippen LogP contribution in [0.15, 0.2) is 12.1 Å². The van der Waals surface area contributed by atoms with Crippen LogP contribution in [0.25, 0.3) is 0 Å². The Labute approximate surface area is 163 Å². The quantitative estimate of drug-likeness (QED) is 0.751. The van der Waals surface area contributed by atoms with Crippen molar-refractivity contribution in [1.82, 2.24) is 9.80 Å². The van der Waals surface area contributed by atoms with Crippen LogP contribution in [-0.4, -0.2) is 46.7 Å². The van der Waals surface area contributed by atoms with Crippen LogP contribution in [0.5, 0.6) is 0 Å². The molecule has 0 saturated carbocycles. The molecule has 0 spiro atoms. The van der Waals surface area contributed by atoms with Crippen LogP contribution in [0.1, 0.15) is 47.1 Å².